The van der Waals surface area contributed by atoms with Crippen molar-refractivity contribution in [1.29, 1.82) is 0 Å². The number of amides is 1. The Hall–Kier alpha value is -1.32. The molecular formula is C17H15BrClNO. The van der Waals surface area contributed by atoms with Gasteiger partial charge in [-0.1, -0.05) is 42.8 Å². The second-order valence-electron chi connectivity index (χ2n) is 5.46. The summed E-state index contributed by atoms with van der Waals surface area (Å²) < 4.78 is 0.744. The van der Waals surface area contributed by atoms with Gasteiger partial charge >= 0.3 is 0 Å². The highest BCUT2D eigenvalue weighted by atomic mass is 79.9. The van der Waals surface area contributed by atoms with Crippen molar-refractivity contribution in [2.45, 2.75) is 13.3 Å². The van der Waals surface area contributed by atoms with Gasteiger partial charge in [-0.15, -0.1) is 0 Å². The third kappa shape index (κ3) is 2.72. The Bertz CT molecular complexity index is 701. The van der Waals surface area contributed by atoms with Gasteiger partial charge in [0.05, 0.1) is 10.6 Å². The molecule has 1 heterocycles. The number of rotatable bonds is 1. The molecule has 0 bridgehead atoms. The van der Waals surface area contributed by atoms with Crippen molar-refractivity contribution in [1.82, 2.24) is 0 Å². The molecule has 0 aliphatic carbocycles. The zero-order chi connectivity index (χ0) is 15.0. The molecule has 2 nitrogen and oxygen atoms in total. The standard InChI is InChI=1S/C17H15BrClNO/c1-11-9-12-5-2-3-8-15(12)20(10-11)17(21)13-6-4-7-14(18)16(13)19/h2-8,11H,9-10H2,1H3. The van der Waals surface area contributed by atoms with E-state index in [9.17, 15) is 4.79 Å². The molecule has 1 amide bonds. The average Bonchev–Trinajstić information content (AvgIpc) is 2.48. The minimum Gasteiger partial charge on any atom is -0.308 e. The Morgan fingerprint density at radius 2 is 2.00 bits per heavy atom. The van der Waals surface area contributed by atoms with Crippen molar-refractivity contribution in [2.24, 2.45) is 5.92 Å². The predicted molar refractivity (Wildman–Crippen MR) is 90.1 cm³/mol. The van der Waals surface area contributed by atoms with Gasteiger partial charge in [0.2, 0.25) is 0 Å². The highest BCUT2D eigenvalue weighted by Crippen LogP contribution is 2.33. The molecular weight excluding hydrogens is 350 g/mol. The molecule has 0 N–H and O–H groups in total. The van der Waals surface area contributed by atoms with Crippen LogP contribution in [0.5, 0.6) is 0 Å². The van der Waals surface area contributed by atoms with Crippen LogP contribution in [0.1, 0.15) is 22.8 Å². The van der Waals surface area contributed by atoms with Gasteiger partial charge in [0, 0.05) is 16.7 Å². The monoisotopic (exact) mass is 363 g/mol. The van der Waals surface area contributed by atoms with Gasteiger partial charge in [0.15, 0.2) is 0 Å². The third-order valence-corrected chi connectivity index (χ3v) is 5.07. The maximum atomic E-state index is 12.9. The number of hydrogen-bond acceptors (Lipinski definition) is 1. The van der Waals surface area contributed by atoms with Gasteiger partial charge in [-0.2, -0.15) is 0 Å². The second kappa shape index (κ2) is 5.82. The van der Waals surface area contributed by atoms with E-state index < -0.39 is 0 Å². The van der Waals surface area contributed by atoms with Crippen molar-refractivity contribution >= 4 is 39.1 Å². The number of carbonyl (C=O) groups is 1. The van der Waals surface area contributed by atoms with E-state index in [4.69, 9.17) is 11.6 Å². The number of nitrogens with zero attached hydrogens (tertiary/aromatic N) is 1. The molecule has 0 spiro atoms. The van der Waals surface area contributed by atoms with E-state index in [1.165, 1.54) is 5.56 Å². The van der Waals surface area contributed by atoms with Gasteiger partial charge in [-0.05, 0) is 52.0 Å². The largest absolute Gasteiger partial charge is 0.308 e. The molecule has 21 heavy (non-hydrogen) atoms. The molecule has 1 aliphatic heterocycles. The quantitative estimate of drug-likeness (QED) is 0.701. The van der Waals surface area contributed by atoms with Gasteiger partial charge in [0.25, 0.3) is 5.91 Å². The maximum absolute atomic E-state index is 12.9. The number of fused-ring (bicyclic) bond motifs is 1. The summed E-state index contributed by atoms with van der Waals surface area (Å²) >= 11 is 9.66. The normalized spacial score (nSPS) is 17.5. The molecule has 1 unspecified atom stereocenters. The van der Waals surface area contributed by atoms with E-state index in [1.54, 1.807) is 6.07 Å². The van der Waals surface area contributed by atoms with Gasteiger partial charge in [-0.3, -0.25) is 4.79 Å². The number of para-hydroxylation sites is 1. The van der Waals surface area contributed by atoms with E-state index in [-0.39, 0.29) is 5.91 Å². The smallest absolute Gasteiger partial charge is 0.259 e. The number of hydrogen-bond donors (Lipinski definition) is 0. The molecule has 2 aromatic carbocycles. The Morgan fingerprint density at radius 3 is 2.81 bits per heavy atom. The zero-order valence-corrected chi connectivity index (χ0v) is 14.0. The first-order chi connectivity index (χ1) is 10.1. The summed E-state index contributed by atoms with van der Waals surface area (Å²) in [5, 5.41) is 0.471. The van der Waals surface area contributed by atoms with Crippen molar-refractivity contribution in [3.05, 3.63) is 63.1 Å². The highest BCUT2D eigenvalue weighted by molar-refractivity contribution is 9.10. The molecule has 1 aliphatic rings. The Morgan fingerprint density at radius 1 is 1.24 bits per heavy atom. The number of benzene rings is 2. The SMILES string of the molecule is CC1Cc2ccccc2N(C(=O)c2cccc(Br)c2Cl)C1. The van der Waals surface area contributed by atoms with Crippen molar-refractivity contribution in [3.8, 4) is 0 Å². The predicted octanol–water partition coefficient (Wildman–Crippen LogP) is 4.94. The first-order valence-electron chi connectivity index (χ1n) is 6.91. The minimum absolute atomic E-state index is 0.0414. The fourth-order valence-corrected chi connectivity index (χ4v) is 3.38. The highest BCUT2D eigenvalue weighted by Gasteiger charge is 2.28. The van der Waals surface area contributed by atoms with Gasteiger partial charge in [0.1, 0.15) is 0 Å². The summed E-state index contributed by atoms with van der Waals surface area (Å²) in [6, 6.07) is 13.5. The van der Waals surface area contributed by atoms with Gasteiger partial charge < -0.3 is 4.90 Å². The first kappa shape index (κ1) is 14.6. The first-order valence-corrected chi connectivity index (χ1v) is 8.09. The molecule has 0 fully saturated rings. The molecule has 0 saturated carbocycles. The number of halogens is 2. The Labute approximate surface area is 137 Å². The minimum atomic E-state index is -0.0414. The van der Waals surface area contributed by atoms with Crippen molar-refractivity contribution in [3.63, 3.8) is 0 Å². The van der Waals surface area contributed by atoms with Crippen LogP contribution in [0.15, 0.2) is 46.9 Å². The summed E-state index contributed by atoms with van der Waals surface area (Å²) in [5.41, 5.74) is 2.75. The molecule has 0 radical (unpaired) electrons. The zero-order valence-electron chi connectivity index (χ0n) is 11.6. The summed E-state index contributed by atoms with van der Waals surface area (Å²) in [6.07, 6.45) is 1.01. The summed E-state index contributed by atoms with van der Waals surface area (Å²) in [7, 11) is 0. The number of anilines is 1. The lowest BCUT2D eigenvalue weighted by atomic mass is 9.93. The van der Waals surface area contributed by atoms with E-state index in [0.717, 1.165) is 23.1 Å². The molecule has 3 rings (SSSR count). The maximum Gasteiger partial charge on any atom is 0.259 e. The van der Waals surface area contributed by atoms with Crippen LogP contribution in [0.4, 0.5) is 5.69 Å². The van der Waals surface area contributed by atoms with E-state index in [2.05, 4.69) is 28.9 Å². The molecule has 0 saturated heterocycles. The molecule has 0 aromatic heterocycles. The lowest BCUT2D eigenvalue weighted by Gasteiger charge is -2.33. The fourth-order valence-electron chi connectivity index (χ4n) is 2.80. The van der Waals surface area contributed by atoms with Crippen LogP contribution in [0, 0.1) is 5.92 Å². The van der Waals surface area contributed by atoms with Crippen molar-refractivity contribution < 1.29 is 4.79 Å². The number of carbonyl (C=O) groups excluding carboxylic acids is 1. The molecule has 2 aromatic rings. The van der Waals surface area contributed by atoms with Crippen LogP contribution in [0.3, 0.4) is 0 Å². The second-order valence-corrected chi connectivity index (χ2v) is 6.69. The van der Waals surface area contributed by atoms with Crippen molar-refractivity contribution in [2.75, 3.05) is 11.4 Å². The Balaban J connectivity index is 2.04. The lowest BCUT2D eigenvalue weighted by molar-refractivity contribution is 0.0981. The van der Waals surface area contributed by atoms with Crippen LogP contribution in [0.2, 0.25) is 5.02 Å². The van der Waals surface area contributed by atoms with E-state index >= 15 is 0 Å². The van der Waals surface area contributed by atoms with Gasteiger partial charge in [-0.25, -0.2) is 0 Å². The third-order valence-electron chi connectivity index (χ3n) is 3.77. The van der Waals surface area contributed by atoms with Crippen LogP contribution in [0.25, 0.3) is 0 Å². The van der Waals surface area contributed by atoms with Crippen LogP contribution >= 0.6 is 27.5 Å². The lowest BCUT2D eigenvalue weighted by Crippen LogP contribution is -2.39. The molecule has 108 valence electrons. The van der Waals surface area contributed by atoms with Crippen LogP contribution < -0.4 is 4.90 Å². The summed E-state index contributed by atoms with van der Waals surface area (Å²) in [6.45, 7) is 2.89. The van der Waals surface area contributed by atoms with E-state index in [0.29, 0.717) is 16.5 Å². The average molecular weight is 365 g/mol. The fraction of sp³-hybridized carbons (Fsp3) is 0.235. The molecule has 4 heteroatoms. The summed E-state index contributed by atoms with van der Waals surface area (Å²) in [5.74, 6) is 0.398. The van der Waals surface area contributed by atoms with Crippen LogP contribution in [-0.2, 0) is 6.42 Å². The molecule has 1 atom stereocenters. The topological polar surface area (TPSA) is 20.3 Å². The van der Waals surface area contributed by atoms with E-state index in [1.807, 2.05) is 35.2 Å². The van der Waals surface area contributed by atoms with Crippen LogP contribution in [-0.4, -0.2) is 12.5 Å². The Kier molecular flexibility index (Phi) is 4.05. The summed E-state index contributed by atoms with van der Waals surface area (Å²) in [4.78, 5) is 14.7.